The van der Waals surface area contributed by atoms with E-state index in [0.717, 1.165) is 18.6 Å². The average Bonchev–Trinajstić information content (AvgIpc) is 3.55. The fourth-order valence-electron chi connectivity index (χ4n) is 4.81. The van der Waals surface area contributed by atoms with Crippen molar-refractivity contribution in [2.45, 2.75) is 25.2 Å². The predicted octanol–water partition coefficient (Wildman–Crippen LogP) is 4.79. The highest BCUT2D eigenvalue weighted by Crippen LogP contribution is 2.38. The van der Waals surface area contributed by atoms with Crippen molar-refractivity contribution >= 4 is 40.2 Å². The molecule has 3 aromatic heterocycles. The van der Waals surface area contributed by atoms with Crippen LogP contribution >= 0.6 is 11.6 Å². The molecule has 15 heteroatoms. The first-order valence-electron chi connectivity index (χ1n) is 12.9. The number of hydrogen-bond donors (Lipinski definition) is 2. The molecule has 5 rings (SSSR count). The molecular formula is C27H28ClF4N9O. The smallest absolute Gasteiger partial charge is 0.416 e. The fraction of sp³-hybridized carbons (Fsp3) is 0.333. The van der Waals surface area contributed by atoms with E-state index < -0.39 is 17.6 Å². The van der Waals surface area contributed by atoms with Crippen LogP contribution < -0.4 is 15.8 Å². The van der Waals surface area contributed by atoms with Crippen molar-refractivity contribution in [2.24, 2.45) is 12.8 Å². The number of nitrogens with one attached hydrogen (secondary N) is 1. The molecule has 10 nitrogen and oxygen atoms in total. The number of benzene rings is 1. The zero-order valence-electron chi connectivity index (χ0n) is 23.0. The molecule has 0 radical (unpaired) electrons. The van der Waals surface area contributed by atoms with E-state index in [1.165, 1.54) is 35.6 Å². The zero-order chi connectivity index (χ0) is 30.2. The Kier molecular flexibility index (Phi) is 8.21. The molecule has 1 atom stereocenters. The third-order valence-corrected chi connectivity index (χ3v) is 7.45. The second-order valence-corrected chi connectivity index (χ2v) is 10.5. The largest absolute Gasteiger partial charge is 0.450 e. The number of pyridine rings is 1. The van der Waals surface area contributed by atoms with Gasteiger partial charge in [0.05, 0.1) is 23.6 Å². The van der Waals surface area contributed by atoms with Gasteiger partial charge in [-0.3, -0.25) is 9.88 Å². The molecule has 4 aromatic rings. The van der Waals surface area contributed by atoms with E-state index in [0.29, 0.717) is 24.3 Å². The Hall–Kier alpha value is -4.01. The lowest BCUT2D eigenvalue weighted by Crippen LogP contribution is -2.31. The molecule has 3 N–H and O–H groups in total. The Morgan fingerprint density at radius 2 is 2.02 bits per heavy atom. The van der Waals surface area contributed by atoms with Crippen LogP contribution in [0.3, 0.4) is 0 Å². The van der Waals surface area contributed by atoms with Crippen LogP contribution in [0.4, 0.5) is 29.2 Å². The second-order valence-electron chi connectivity index (χ2n) is 10.1. The summed E-state index contributed by atoms with van der Waals surface area (Å²) in [5.41, 5.74) is 5.11. The SMILES string of the molecule is CN(C)[C@H]1CCN(Cc2cc(C(F)(F)F)cc(Nc3nc4ncc(OC(=CN)c5cnccn5)c(Cl)c4n3C)c2F)C1. The van der Waals surface area contributed by atoms with Gasteiger partial charge in [0.1, 0.15) is 16.2 Å². The molecule has 0 spiro atoms. The monoisotopic (exact) mass is 605 g/mol. The minimum absolute atomic E-state index is 0.0260. The van der Waals surface area contributed by atoms with Crippen LogP contribution in [-0.4, -0.2) is 67.5 Å². The molecule has 1 aliphatic rings. The number of anilines is 2. The molecule has 0 unspecified atom stereocenters. The van der Waals surface area contributed by atoms with Gasteiger partial charge in [-0.2, -0.15) is 18.2 Å². The maximum atomic E-state index is 15.7. The molecule has 0 bridgehead atoms. The number of likely N-dealkylation sites (N-methyl/N-ethyl adjacent to an activating group) is 1. The minimum Gasteiger partial charge on any atom is -0.450 e. The number of fused-ring (bicyclic) bond motifs is 1. The molecule has 1 aliphatic heterocycles. The van der Waals surface area contributed by atoms with Crippen molar-refractivity contribution in [1.82, 2.24) is 34.3 Å². The van der Waals surface area contributed by atoms with Crippen LogP contribution in [0, 0.1) is 5.82 Å². The van der Waals surface area contributed by atoms with Crippen LogP contribution in [0.15, 0.2) is 43.1 Å². The number of hydrogen-bond acceptors (Lipinski definition) is 9. The summed E-state index contributed by atoms with van der Waals surface area (Å²) in [6, 6.07) is 1.84. The first-order chi connectivity index (χ1) is 20.0. The van der Waals surface area contributed by atoms with E-state index in [2.05, 4.69) is 30.2 Å². The van der Waals surface area contributed by atoms with E-state index in [1.807, 2.05) is 19.0 Å². The maximum absolute atomic E-state index is 15.7. The van der Waals surface area contributed by atoms with Crippen LogP contribution in [0.25, 0.3) is 16.9 Å². The van der Waals surface area contributed by atoms with E-state index in [1.54, 1.807) is 7.05 Å². The number of rotatable bonds is 8. The molecule has 0 aliphatic carbocycles. The summed E-state index contributed by atoms with van der Waals surface area (Å²) in [6.07, 6.45) is 3.08. The van der Waals surface area contributed by atoms with E-state index >= 15 is 4.39 Å². The van der Waals surface area contributed by atoms with Crippen molar-refractivity contribution in [1.29, 1.82) is 0 Å². The average molecular weight is 606 g/mol. The summed E-state index contributed by atoms with van der Waals surface area (Å²) in [6.45, 7) is 1.31. The fourth-order valence-corrected chi connectivity index (χ4v) is 5.10. The second kappa shape index (κ2) is 11.7. The van der Waals surface area contributed by atoms with Crippen LogP contribution in [-0.2, 0) is 19.8 Å². The van der Waals surface area contributed by atoms with E-state index in [9.17, 15) is 13.2 Å². The number of halogens is 5. The van der Waals surface area contributed by atoms with Crippen molar-refractivity contribution in [3.8, 4) is 5.75 Å². The van der Waals surface area contributed by atoms with Gasteiger partial charge in [-0.15, -0.1) is 0 Å². The number of nitrogens with two attached hydrogens (primary N) is 1. The van der Waals surface area contributed by atoms with Crippen molar-refractivity contribution in [2.75, 3.05) is 32.5 Å². The Labute approximate surface area is 243 Å². The number of aryl methyl sites for hydroxylation is 1. The van der Waals surface area contributed by atoms with Crippen LogP contribution in [0.5, 0.6) is 5.75 Å². The molecule has 1 saturated heterocycles. The molecule has 1 fully saturated rings. The lowest BCUT2D eigenvalue weighted by atomic mass is 10.1. The molecule has 42 heavy (non-hydrogen) atoms. The highest BCUT2D eigenvalue weighted by molar-refractivity contribution is 6.36. The first-order valence-corrected chi connectivity index (χ1v) is 13.3. The van der Waals surface area contributed by atoms with Gasteiger partial charge < -0.3 is 25.3 Å². The summed E-state index contributed by atoms with van der Waals surface area (Å²) in [4.78, 5) is 20.7. The van der Waals surface area contributed by atoms with Gasteiger partial charge in [0, 0.05) is 56.9 Å². The minimum atomic E-state index is -4.68. The van der Waals surface area contributed by atoms with Crippen molar-refractivity contribution in [3.63, 3.8) is 0 Å². The Bertz CT molecular complexity index is 1630. The van der Waals surface area contributed by atoms with Gasteiger partial charge in [-0.1, -0.05) is 11.6 Å². The highest BCUT2D eigenvalue weighted by atomic mass is 35.5. The first kappa shape index (κ1) is 29.5. The lowest BCUT2D eigenvalue weighted by molar-refractivity contribution is -0.137. The number of nitrogens with zero attached hydrogens (tertiary/aromatic N) is 7. The third-order valence-electron chi connectivity index (χ3n) is 7.09. The number of likely N-dealkylation sites (tertiary alicyclic amines) is 1. The van der Waals surface area contributed by atoms with Crippen molar-refractivity contribution < 1.29 is 22.3 Å². The zero-order valence-corrected chi connectivity index (χ0v) is 23.7. The summed E-state index contributed by atoms with van der Waals surface area (Å²) >= 11 is 6.63. The van der Waals surface area contributed by atoms with Gasteiger partial charge >= 0.3 is 6.18 Å². The van der Waals surface area contributed by atoms with E-state index in [-0.39, 0.29) is 52.0 Å². The van der Waals surface area contributed by atoms with Crippen molar-refractivity contribution in [3.05, 3.63) is 70.8 Å². The summed E-state index contributed by atoms with van der Waals surface area (Å²) < 4.78 is 64.5. The van der Waals surface area contributed by atoms with Gasteiger partial charge in [0.15, 0.2) is 23.0 Å². The quantitative estimate of drug-likeness (QED) is 0.216. The summed E-state index contributed by atoms with van der Waals surface area (Å²) in [7, 11) is 5.45. The number of ether oxygens (including phenoxy) is 1. The van der Waals surface area contributed by atoms with Gasteiger partial charge in [-0.05, 0) is 32.6 Å². The lowest BCUT2D eigenvalue weighted by Gasteiger charge is -2.22. The van der Waals surface area contributed by atoms with Crippen LogP contribution in [0.1, 0.15) is 23.2 Å². The topological polar surface area (TPSA) is 110 Å². The maximum Gasteiger partial charge on any atom is 0.416 e. The molecule has 1 aromatic carbocycles. The molecular weight excluding hydrogens is 578 g/mol. The predicted molar refractivity (Wildman–Crippen MR) is 150 cm³/mol. The summed E-state index contributed by atoms with van der Waals surface area (Å²) in [5, 5.41) is 2.82. The number of imidazole rings is 1. The van der Waals surface area contributed by atoms with Gasteiger partial charge in [0.2, 0.25) is 5.95 Å². The standard InChI is InChI=1S/C27H28ClF4N9O/c1-39(2)17-4-7-41(14-17)13-15-8-16(27(30,31)32)9-18(23(15)29)37-26-38-25-24(40(26)3)22(28)21(12-36-25)42-20(10-33)19-11-34-5-6-35-19/h5-6,8-12,17H,4,7,13-14,33H2,1-3H3,(H,36,37,38)/t17-/m0/s1. The normalized spacial score (nSPS) is 16.5. The molecule has 0 amide bonds. The van der Waals surface area contributed by atoms with Gasteiger partial charge in [0.25, 0.3) is 0 Å². The Balaban J connectivity index is 1.47. The molecule has 222 valence electrons. The number of alkyl halides is 3. The van der Waals surface area contributed by atoms with Gasteiger partial charge in [-0.25, -0.2) is 14.4 Å². The summed E-state index contributed by atoms with van der Waals surface area (Å²) in [5.74, 6) is -0.485. The third kappa shape index (κ3) is 5.96. The molecule has 4 heterocycles. The number of aromatic nitrogens is 5. The van der Waals surface area contributed by atoms with E-state index in [4.69, 9.17) is 22.1 Å². The molecule has 0 saturated carbocycles. The van der Waals surface area contributed by atoms with Crippen LogP contribution in [0.2, 0.25) is 5.02 Å². The Morgan fingerprint density at radius 3 is 2.67 bits per heavy atom. The highest BCUT2D eigenvalue weighted by Gasteiger charge is 2.34. The Morgan fingerprint density at radius 1 is 1.24 bits per heavy atom.